The second-order valence-corrected chi connectivity index (χ2v) is 7.82. The van der Waals surface area contributed by atoms with Gasteiger partial charge in [0.15, 0.2) is 0 Å². The lowest BCUT2D eigenvalue weighted by atomic mass is 10.1. The van der Waals surface area contributed by atoms with Gasteiger partial charge in [-0.3, -0.25) is 4.72 Å². The number of rotatable bonds is 6. The summed E-state index contributed by atoms with van der Waals surface area (Å²) >= 11 is 0. The zero-order valence-electron chi connectivity index (χ0n) is 15.3. The Labute approximate surface area is 162 Å². The average Bonchev–Trinajstić information content (AvgIpc) is 3.06. The zero-order valence-corrected chi connectivity index (χ0v) is 16.1. The maximum atomic E-state index is 12.8. The zero-order chi connectivity index (χ0) is 20.3. The molecule has 148 valence electrons. The van der Waals surface area contributed by atoms with Gasteiger partial charge in [0.1, 0.15) is 5.75 Å². The maximum Gasteiger partial charge on any atom is 0.347 e. The first-order valence-electron chi connectivity index (χ1n) is 8.46. The summed E-state index contributed by atoms with van der Waals surface area (Å²) < 4.78 is 43.0. The smallest absolute Gasteiger partial charge is 0.347 e. The Morgan fingerprint density at radius 3 is 2.64 bits per heavy atom. The number of ether oxygens (including phenoxy) is 3. The summed E-state index contributed by atoms with van der Waals surface area (Å²) in [5.74, 6) is -1.03. The summed E-state index contributed by atoms with van der Waals surface area (Å²) in [5.41, 5.74) is 0.846. The van der Waals surface area contributed by atoms with E-state index in [0.29, 0.717) is 11.3 Å². The van der Waals surface area contributed by atoms with E-state index >= 15 is 0 Å². The fourth-order valence-electron chi connectivity index (χ4n) is 2.70. The Hall–Kier alpha value is -3.07. The molecule has 1 aliphatic rings. The van der Waals surface area contributed by atoms with Crippen LogP contribution in [0.4, 0.5) is 5.69 Å². The highest BCUT2D eigenvalue weighted by atomic mass is 32.2. The Balaban J connectivity index is 1.87. The predicted molar refractivity (Wildman–Crippen MR) is 99.8 cm³/mol. The van der Waals surface area contributed by atoms with Crippen LogP contribution >= 0.6 is 0 Å². The molecule has 0 saturated carbocycles. The first-order valence-corrected chi connectivity index (χ1v) is 9.94. The molecule has 0 radical (unpaired) electrons. The molecule has 1 N–H and O–H groups in total. The Morgan fingerprint density at radius 1 is 1.21 bits per heavy atom. The molecular weight excluding hydrogens is 386 g/mol. The molecule has 1 aliphatic heterocycles. The number of sulfonamides is 1. The number of nitrogens with one attached hydrogen (secondary N) is 1. The number of para-hydroxylation sites is 2. The molecule has 1 heterocycles. The van der Waals surface area contributed by atoms with Crippen LogP contribution in [-0.4, -0.2) is 40.2 Å². The lowest BCUT2D eigenvalue weighted by Crippen LogP contribution is -2.23. The number of aryl methyl sites for hydroxylation is 1. The minimum absolute atomic E-state index is 0.0580. The first-order chi connectivity index (χ1) is 13.3. The third-order valence-corrected chi connectivity index (χ3v) is 5.59. The number of carbonyl (C=O) groups is 2. The van der Waals surface area contributed by atoms with Crippen LogP contribution in [-0.2, 0) is 24.3 Å². The van der Waals surface area contributed by atoms with Crippen LogP contribution in [0.1, 0.15) is 22.3 Å². The molecule has 0 amide bonds. The van der Waals surface area contributed by atoms with Gasteiger partial charge >= 0.3 is 11.9 Å². The van der Waals surface area contributed by atoms with E-state index in [1.54, 1.807) is 31.2 Å². The summed E-state index contributed by atoms with van der Waals surface area (Å²) in [4.78, 5) is 23.8. The number of hydrogen-bond donors (Lipinski definition) is 1. The number of cyclic esters (lactones) is 1. The van der Waals surface area contributed by atoms with E-state index in [1.807, 2.05) is 0 Å². The molecule has 0 aromatic heterocycles. The monoisotopic (exact) mass is 405 g/mol. The van der Waals surface area contributed by atoms with Crippen molar-refractivity contribution in [1.29, 1.82) is 0 Å². The normalized spacial score (nSPS) is 16.4. The van der Waals surface area contributed by atoms with Crippen molar-refractivity contribution in [3.05, 3.63) is 53.6 Å². The van der Waals surface area contributed by atoms with Gasteiger partial charge in [-0.2, -0.15) is 0 Å². The molecule has 2 aromatic carbocycles. The highest BCUT2D eigenvalue weighted by Gasteiger charge is 2.31. The van der Waals surface area contributed by atoms with Crippen LogP contribution in [0.3, 0.4) is 0 Å². The van der Waals surface area contributed by atoms with Gasteiger partial charge in [-0.05, 0) is 36.8 Å². The van der Waals surface area contributed by atoms with Gasteiger partial charge < -0.3 is 14.2 Å². The van der Waals surface area contributed by atoms with Crippen molar-refractivity contribution >= 4 is 27.6 Å². The summed E-state index contributed by atoms with van der Waals surface area (Å²) in [6.07, 6.45) is -0.699. The number of carbonyl (C=O) groups excluding carboxylic acids is 2. The second kappa shape index (κ2) is 7.89. The Morgan fingerprint density at radius 2 is 1.96 bits per heavy atom. The van der Waals surface area contributed by atoms with E-state index in [0.717, 1.165) is 0 Å². The van der Waals surface area contributed by atoms with Crippen LogP contribution in [0.5, 0.6) is 5.75 Å². The Kier molecular flexibility index (Phi) is 5.55. The molecule has 0 bridgehead atoms. The van der Waals surface area contributed by atoms with Gasteiger partial charge in [0.2, 0.25) is 6.10 Å². The fourth-order valence-corrected chi connectivity index (χ4v) is 3.79. The van der Waals surface area contributed by atoms with Crippen LogP contribution in [0, 0.1) is 6.92 Å². The maximum absolute atomic E-state index is 12.8. The van der Waals surface area contributed by atoms with Crippen molar-refractivity contribution < 1.29 is 32.2 Å². The molecule has 0 spiro atoms. The van der Waals surface area contributed by atoms with Crippen LogP contribution < -0.4 is 9.46 Å². The lowest BCUT2D eigenvalue weighted by Gasteiger charge is -2.14. The third kappa shape index (κ3) is 4.09. The molecule has 0 unspecified atom stereocenters. The van der Waals surface area contributed by atoms with Gasteiger partial charge in [-0.25, -0.2) is 18.0 Å². The number of esters is 2. The molecule has 1 atom stereocenters. The van der Waals surface area contributed by atoms with Crippen molar-refractivity contribution in [3.63, 3.8) is 0 Å². The van der Waals surface area contributed by atoms with Gasteiger partial charge in [0.25, 0.3) is 10.0 Å². The minimum atomic E-state index is -3.99. The van der Waals surface area contributed by atoms with E-state index in [-0.39, 0.29) is 29.2 Å². The SMILES string of the molecule is COc1ccccc1NS(=O)(=O)c1ccc(C)c(C(=O)O[C@H]2CCOC2=O)c1. The van der Waals surface area contributed by atoms with Gasteiger partial charge in [0, 0.05) is 6.42 Å². The fraction of sp³-hybridized carbons (Fsp3) is 0.263. The Bertz CT molecular complexity index is 1020. The van der Waals surface area contributed by atoms with E-state index < -0.39 is 28.1 Å². The first kappa shape index (κ1) is 19.7. The van der Waals surface area contributed by atoms with Gasteiger partial charge in [-0.15, -0.1) is 0 Å². The second-order valence-electron chi connectivity index (χ2n) is 6.13. The third-order valence-electron chi connectivity index (χ3n) is 4.23. The molecule has 1 fully saturated rings. The highest BCUT2D eigenvalue weighted by Crippen LogP contribution is 2.27. The topological polar surface area (TPSA) is 108 Å². The van der Waals surface area contributed by atoms with Crippen LogP contribution in [0.2, 0.25) is 0 Å². The van der Waals surface area contributed by atoms with Crippen molar-refractivity contribution in [2.75, 3.05) is 18.4 Å². The van der Waals surface area contributed by atoms with Crippen molar-refractivity contribution in [2.24, 2.45) is 0 Å². The van der Waals surface area contributed by atoms with E-state index in [1.165, 1.54) is 25.3 Å². The summed E-state index contributed by atoms with van der Waals surface area (Å²) in [6.45, 7) is 1.83. The van der Waals surface area contributed by atoms with Crippen LogP contribution in [0.25, 0.3) is 0 Å². The van der Waals surface area contributed by atoms with E-state index in [9.17, 15) is 18.0 Å². The number of benzene rings is 2. The molecule has 9 heteroatoms. The van der Waals surface area contributed by atoms with Crippen molar-refractivity contribution in [3.8, 4) is 5.75 Å². The summed E-state index contributed by atoms with van der Waals surface area (Å²) in [6, 6.07) is 10.7. The largest absolute Gasteiger partial charge is 0.495 e. The van der Waals surface area contributed by atoms with Gasteiger partial charge in [-0.1, -0.05) is 18.2 Å². The van der Waals surface area contributed by atoms with Crippen molar-refractivity contribution in [2.45, 2.75) is 24.3 Å². The molecule has 8 nitrogen and oxygen atoms in total. The van der Waals surface area contributed by atoms with Crippen LogP contribution in [0.15, 0.2) is 47.4 Å². The minimum Gasteiger partial charge on any atom is -0.495 e. The van der Waals surface area contributed by atoms with Crippen molar-refractivity contribution in [1.82, 2.24) is 0 Å². The molecule has 3 rings (SSSR count). The quantitative estimate of drug-likeness (QED) is 0.735. The number of hydrogen-bond acceptors (Lipinski definition) is 7. The van der Waals surface area contributed by atoms with E-state index in [2.05, 4.69) is 4.72 Å². The predicted octanol–water partition coefficient (Wildman–Crippen LogP) is 2.28. The average molecular weight is 405 g/mol. The number of anilines is 1. The summed E-state index contributed by atoms with van der Waals surface area (Å²) in [7, 11) is -2.55. The molecule has 0 aliphatic carbocycles. The summed E-state index contributed by atoms with van der Waals surface area (Å²) in [5, 5.41) is 0. The lowest BCUT2D eigenvalue weighted by molar-refractivity contribution is -0.145. The molecular formula is C19H19NO7S. The molecule has 2 aromatic rings. The highest BCUT2D eigenvalue weighted by molar-refractivity contribution is 7.92. The number of methoxy groups -OCH3 is 1. The molecule has 28 heavy (non-hydrogen) atoms. The molecule has 1 saturated heterocycles. The standard InChI is InChI=1S/C19H19NO7S/c1-12-7-8-13(11-14(12)18(21)27-17-9-10-26-19(17)22)28(23,24)20-15-5-3-4-6-16(15)25-2/h3-8,11,17,20H,9-10H2,1-2H3/t17-/m0/s1. The van der Waals surface area contributed by atoms with E-state index in [4.69, 9.17) is 14.2 Å². The van der Waals surface area contributed by atoms with Gasteiger partial charge in [0.05, 0.1) is 29.9 Å².